The Morgan fingerprint density at radius 2 is 2.00 bits per heavy atom. The largest absolute Gasteiger partial charge is 0.391 e. The molecule has 0 saturated heterocycles. The molecule has 0 aromatic rings. The fourth-order valence-electron chi connectivity index (χ4n) is 1.78. The van der Waals surface area contributed by atoms with E-state index >= 15 is 0 Å². The van der Waals surface area contributed by atoms with Gasteiger partial charge in [0.15, 0.2) is 5.75 Å². The molecule has 1 aliphatic rings. The van der Waals surface area contributed by atoms with Crippen LogP contribution >= 0.6 is 0 Å². The number of rotatable bonds is 3. The summed E-state index contributed by atoms with van der Waals surface area (Å²) in [6.07, 6.45) is 3.51. The van der Waals surface area contributed by atoms with Crippen LogP contribution in [0.1, 0.15) is 32.1 Å². The lowest BCUT2D eigenvalue weighted by Crippen LogP contribution is -2.43. The lowest BCUT2D eigenvalue weighted by Gasteiger charge is -2.20. The predicted octanol–water partition coefficient (Wildman–Crippen LogP) is 0.123. The molecule has 1 fully saturated rings. The molecule has 5 nitrogen and oxygen atoms in total. The molecule has 6 heteroatoms. The normalized spacial score (nSPS) is 28.0. The molecule has 1 aliphatic carbocycles. The van der Waals surface area contributed by atoms with Crippen LogP contribution in [0.15, 0.2) is 0 Å². The number of hydrogen-bond acceptors (Lipinski definition) is 4. The third-order valence-corrected chi connectivity index (χ3v) is 3.74. The zero-order chi connectivity index (χ0) is 11.3. The van der Waals surface area contributed by atoms with Crippen molar-refractivity contribution in [2.75, 3.05) is 5.75 Å². The van der Waals surface area contributed by atoms with E-state index in [1.54, 1.807) is 6.07 Å². The molecule has 15 heavy (non-hydrogen) atoms. The maximum absolute atomic E-state index is 11.3. The monoisotopic (exact) mass is 232 g/mol. The quantitative estimate of drug-likeness (QED) is 0.676. The standard InChI is InChI=1S/C9H16N2O3S/c10-6-7-15(13,14)11-8-4-2-1-3-5-9(8)12/h8-9,11-12H,1-5,7H2. The maximum Gasteiger partial charge on any atom is 0.225 e. The van der Waals surface area contributed by atoms with Crippen molar-refractivity contribution >= 4 is 10.0 Å². The van der Waals surface area contributed by atoms with Gasteiger partial charge >= 0.3 is 0 Å². The van der Waals surface area contributed by atoms with Gasteiger partial charge < -0.3 is 5.11 Å². The highest BCUT2D eigenvalue weighted by atomic mass is 32.2. The summed E-state index contributed by atoms with van der Waals surface area (Å²) in [5, 5.41) is 18.0. The van der Waals surface area contributed by atoms with Crippen LogP contribution in [0.3, 0.4) is 0 Å². The topological polar surface area (TPSA) is 90.2 Å². The van der Waals surface area contributed by atoms with Gasteiger partial charge in [-0.3, -0.25) is 0 Å². The van der Waals surface area contributed by atoms with Crippen molar-refractivity contribution in [3.63, 3.8) is 0 Å². The first-order chi connectivity index (χ1) is 7.05. The number of nitrogens with one attached hydrogen (secondary N) is 1. The Balaban J connectivity index is 2.59. The van der Waals surface area contributed by atoms with Gasteiger partial charge in [-0.2, -0.15) is 5.26 Å². The molecular formula is C9H16N2O3S. The molecule has 2 unspecified atom stereocenters. The first-order valence-electron chi connectivity index (χ1n) is 5.10. The lowest BCUT2D eigenvalue weighted by atomic mass is 10.1. The minimum Gasteiger partial charge on any atom is -0.391 e. The van der Waals surface area contributed by atoms with E-state index in [4.69, 9.17) is 5.26 Å². The van der Waals surface area contributed by atoms with Gasteiger partial charge in [-0.15, -0.1) is 0 Å². The van der Waals surface area contributed by atoms with Crippen molar-refractivity contribution in [1.82, 2.24) is 4.72 Å². The third kappa shape index (κ3) is 4.16. The van der Waals surface area contributed by atoms with Gasteiger partial charge in [-0.05, 0) is 12.8 Å². The van der Waals surface area contributed by atoms with Gasteiger partial charge in [-0.1, -0.05) is 19.3 Å². The second-order valence-corrected chi connectivity index (χ2v) is 5.60. The van der Waals surface area contributed by atoms with E-state index < -0.39 is 27.9 Å². The molecule has 0 aromatic carbocycles. The van der Waals surface area contributed by atoms with Crippen LogP contribution in [0.2, 0.25) is 0 Å². The zero-order valence-electron chi connectivity index (χ0n) is 8.52. The molecule has 0 radical (unpaired) electrons. The highest BCUT2D eigenvalue weighted by Gasteiger charge is 2.25. The Hall–Kier alpha value is -0.640. The molecule has 2 N–H and O–H groups in total. The molecule has 0 bridgehead atoms. The van der Waals surface area contributed by atoms with Crippen molar-refractivity contribution in [2.24, 2.45) is 0 Å². The highest BCUT2D eigenvalue weighted by Crippen LogP contribution is 2.18. The van der Waals surface area contributed by atoms with Crippen LogP contribution in [0.5, 0.6) is 0 Å². The SMILES string of the molecule is N#CCS(=O)(=O)NC1CCCCCC1O. The summed E-state index contributed by atoms with van der Waals surface area (Å²) < 4.78 is 25.0. The minimum absolute atomic E-state index is 0.425. The van der Waals surface area contributed by atoms with Crippen molar-refractivity contribution in [2.45, 2.75) is 44.2 Å². The Morgan fingerprint density at radius 3 is 2.67 bits per heavy atom. The van der Waals surface area contributed by atoms with Crippen molar-refractivity contribution in [1.29, 1.82) is 5.26 Å². The maximum atomic E-state index is 11.3. The van der Waals surface area contributed by atoms with E-state index in [-0.39, 0.29) is 0 Å². The van der Waals surface area contributed by atoms with Crippen LogP contribution in [0.25, 0.3) is 0 Å². The molecule has 2 atom stereocenters. The Labute approximate surface area is 90.2 Å². The summed E-state index contributed by atoms with van der Waals surface area (Å²) in [4.78, 5) is 0. The Bertz CT molecular complexity index is 334. The molecule has 86 valence electrons. The molecule has 1 rings (SSSR count). The molecule has 0 aliphatic heterocycles. The zero-order valence-corrected chi connectivity index (χ0v) is 9.33. The second-order valence-electron chi connectivity index (χ2n) is 3.85. The van der Waals surface area contributed by atoms with Crippen molar-refractivity contribution in [3.8, 4) is 6.07 Å². The fourth-order valence-corrected chi connectivity index (χ4v) is 2.77. The lowest BCUT2D eigenvalue weighted by molar-refractivity contribution is 0.130. The first kappa shape index (κ1) is 12.4. The van der Waals surface area contributed by atoms with E-state index in [0.717, 1.165) is 19.3 Å². The molecule has 0 amide bonds. The van der Waals surface area contributed by atoms with Crippen LogP contribution in [-0.2, 0) is 10.0 Å². The van der Waals surface area contributed by atoms with Crippen LogP contribution in [0.4, 0.5) is 0 Å². The van der Waals surface area contributed by atoms with Gasteiger partial charge in [0.2, 0.25) is 10.0 Å². The molecule has 1 saturated carbocycles. The van der Waals surface area contributed by atoms with Gasteiger partial charge in [0.25, 0.3) is 0 Å². The van der Waals surface area contributed by atoms with E-state index in [2.05, 4.69) is 4.72 Å². The highest BCUT2D eigenvalue weighted by molar-refractivity contribution is 7.89. The first-order valence-corrected chi connectivity index (χ1v) is 6.75. The summed E-state index contributed by atoms with van der Waals surface area (Å²) in [5.74, 6) is -0.545. The average molecular weight is 232 g/mol. The van der Waals surface area contributed by atoms with Gasteiger partial charge in [0.05, 0.1) is 12.2 Å². The van der Waals surface area contributed by atoms with Crippen molar-refractivity contribution < 1.29 is 13.5 Å². The van der Waals surface area contributed by atoms with E-state index in [0.29, 0.717) is 12.8 Å². The Morgan fingerprint density at radius 1 is 1.33 bits per heavy atom. The number of aliphatic hydroxyl groups excluding tert-OH is 1. The minimum atomic E-state index is -3.55. The number of hydrogen-bond donors (Lipinski definition) is 2. The summed E-state index contributed by atoms with van der Waals surface area (Å²) in [5.41, 5.74) is 0. The fraction of sp³-hybridized carbons (Fsp3) is 0.889. The van der Waals surface area contributed by atoms with Crippen LogP contribution in [0, 0.1) is 11.3 Å². The van der Waals surface area contributed by atoms with Crippen LogP contribution in [-0.4, -0.2) is 31.4 Å². The molecule has 0 spiro atoms. The van der Waals surface area contributed by atoms with E-state index in [9.17, 15) is 13.5 Å². The third-order valence-electron chi connectivity index (χ3n) is 2.56. The molecular weight excluding hydrogens is 216 g/mol. The average Bonchev–Trinajstić information content (AvgIpc) is 2.31. The molecule has 0 heterocycles. The summed E-state index contributed by atoms with van der Waals surface area (Å²) in [7, 11) is -3.55. The van der Waals surface area contributed by atoms with Gasteiger partial charge in [0, 0.05) is 6.04 Å². The smallest absolute Gasteiger partial charge is 0.225 e. The summed E-state index contributed by atoms with van der Waals surface area (Å²) >= 11 is 0. The number of aliphatic hydroxyl groups is 1. The number of nitrogens with zero attached hydrogens (tertiary/aromatic N) is 1. The summed E-state index contributed by atoms with van der Waals surface area (Å²) in [6, 6.07) is 1.17. The van der Waals surface area contributed by atoms with Crippen LogP contribution < -0.4 is 4.72 Å². The van der Waals surface area contributed by atoms with E-state index in [1.165, 1.54) is 0 Å². The second kappa shape index (κ2) is 5.45. The number of sulfonamides is 1. The van der Waals surface area contributed by atoms with Gasteiger partial charge in [-0.25, -0.2) is 13.1 Å². The summed E-state index contributed by atoms with van der Waals surface area (Å²) in [6.45, 7) is 0. The Kier molecular flexibility index (Phi) is 4.51. The van der Waals surface area contributed by atoms with Crippen molar-refractivity contribution in [3.05, 3.63) is 0 Å². The number of nitriles is 1. The predicted molar refractivity (Wildman–Crippen MR) is 55.4 cm³/mol. The van der Waals surface area contributed by atoms with E-state index in [1.807, 2.05) is 0 Å². The van der Waals surface area contributed by atoms with Gasteiger partial charge in [0.1, 0.15) is 0 Å². The molecule has 0 aromatic heterocycles.